The van der Waals surface area contributed by atoms with Gasteiger partial charge in [-0.2, -0.15) is 0 Å². The molecule has 0 saturated carbocycles. The monoisotopic (exact) mass is 312 g/mol. The fraction of sp³-hybridized carbons (Fsp3) is 0.0625. The summed E-state index contributed by atoms with van der Waals surface area (Å²) in [5.41, 5.74) is 1.28. The van der Waals surface area contributed by atoms with Crippen LogP contribution in [0, 0.1) is 10.1 Å². The lowest BCUT2D eigenvalue weighted by Crippen LogP contribution is -2.11. The predicted octanol–water partition coefficient (Wildman–Crippen LogP) is 3.86. The largest absolute Gasteiger partial charge is 0.338 e. The Morgan fingerprint density at radius 3 is 2.73 bits per heavy atom. The fourth-order valence-corrected chi connectivity index (χ4v) is 3.30. The van der Waals surface area contributed by atoms with Gasteiger partial charge in [0.05, 0.1) is 15.6 Å². The molecule has 5 nitrogen and oxygen atoms in total. The maximum atomic E-state index is 12.3. The molecule has 1 aliphatic rings. The van der Waals surface area contributed by atoms with Gasteiger partial charge in [-0.15, -0.1) is 0 Å². The molecule has 2 aromatic carbocycles. The first-order valence-corrected chi connectivity index (χ1v) is 7.39. The number of ketones is 1. The van der Waals surface area contributed by atoms with E-state index in [4.69, 9.17) is 0 Å². The van der Waals surface area contributed by atoms with Crippen molar-refractivity contribution in [2.75, 3.05) is 11.9 Å². The summed E-state index contributed by atoms with van der Waals surface area (Å²) in [6, 6.07) is 13.6. The number of non-ortho nitro benzene ring substituents is 1. The number of thioether (sulfide) groups is 1. The van der Waals surface area contributed by atoms with Crippen molar-refractivity contribution in [1.82, 2.24) is 0 Å². The van der Waals surface area contributed by atoms with Crippen molar-refractivity contribution >= 4 is 28.9 Å². The lowest BCUT2D eigenvalue weighted by atomic mass is 10.1. The van der Waals surface area contributed by atoms with Crippen LogP contribution < -0.4 is 4.90 Å². The Kier molecular flexibility index (Phi) is 3.68. The summed E-state index contributed by atoms with van der Waals surface area (Å²) in [6.45, 7) is 0. The van der Waals surface area contributed by atoms with Gasteiger partial charge in [-0.25, -0.2) is 0 Å². The van der Waals surface area contributed by atoms with Gasteiger partial charge in [-0.05, 0) is 12.1 Å². The normalized spacial score (nSPS) is 15.0. The van der Waals surface area contributed by atoms with E-state index in [1.807, 2.05) is 36.2 Å². The molecule has 0 fully saturated rings. The standard InChI is InChI=1S/C16H12N2O3S/c1-17-13-7-2-3-8-15(13)22-16(17)10-14(19)11-5-4-6-12(9-11)18(20)21/h2-10H,1H3. The number of fused-ring (bicyclic) bond motifs is 1. The minimum absolute atomic E-state index is 0.0834. The summed E-state index contributed by atoms with van der Waals surface area (Å²) in [4.78, 5) is 25.6. The number of carbonyl (C=O) groups is 1. The third-order valence-electron chi connectivity index (χ3n) is 3.37. The second-order valence-corrected chi connectivity index (χ2v) is 5.85. The highest BCUT2D eigenvalue weighted by molar-refractivity contribution is 8.03. The molecule has 0 amide bonds. The van der Waals surface area contributed by atoms with Crippen LogP contribution in [0.4, 0.5) is 11.4 Å². The highest BCUT2D eigenvalue weighted by atomic mass is 32.2. The van der Waals surface area contributed by atoms with Gasteiger partial charge in [-0.3, -0.25) is 14.9 Å². The first-order valence-electron chi connectivity index (χ1n) is 6.57. The Morgan fingerprint density at radius 1 is 1.23 bits per heavy atom. The zero-order valence-corrected chi connectivity index (χ0v) is 12.5. The molecule has 0 aliphatic carbocycles. The van der Waals surface area contributed by atoms with Gasteiger partial charge in [0.2, 0.25) is 0 Å². The van der Waals surface area contributed by atoms with E-state index in [0.29, 0.717) is 5.56 Å². The number of allylic oxidation sites excluding steroid dienone is 1. The molecular formula is C16H12N2O3S. The molecule has 0 unspecified atom stereocenters. The van der Waals surface area contributed by atoms with Crippen LogP contribution in [-0.2, 0) is 0 Å². The SMILES string of the molecule is CN1C(=CC(=O)c2cccc([N+](=O)[O-])c2)Sc2ccccc21. The third-order valence-corrected chi connectivity index (χ3v) is 4.53. The summed E-state index contributed by atoms with van der Waals surface area (Å²) >= 11 is 1.51. The summed E-state index contributed by atoms with van der Waals surface area (Å²) in [5.74, 6) is -0.245. The molecule has 0 saturated heterocycles. The quantitative estimate of drug-likeness (QED) is 0.373. The number of nitro benzene ring substituents is 1. The van der Waals surface area contributed by atoms with Gasteiger partial charge < -0.3 is 4.90 Å². The maximum absolute atomic E-state index is 12.3. The van der Waals surface area contributed by atoms with Crippen LogP contribution in [0.1, 0.15) is 10.4 Å². The minimum atomic E-state index is -0.504. The number of para-hydroxylation sites is 1. The van der Waals surface area contributed by atoms with Crippen LogP contribution in [0.15, 0.2) is 64.5 Å². The number of carbonyl (C=O) groups excluding carboxylic acids is 1. The molecule has 110 valence electrons. The van der Waals surface area contributed by atoms with Crippen molar-refractivity contribution in [2.24, 2.45) is 0 Å². The van der Waals surface area contributed by atoms with E-state index in [1.54, 1.807) is 6.07 Å². The van der Waals surface area contributed by atoms with Crippen LogP contribution >= 0.6 is 11.8 Å². The maximum Gasteiger partial charge on any atom is 0.270 e. The predicted molar refractivity (Wildman–Crippen MR) is 86.2 cm³/mol. The van der Waals surface area contributed by atoms with Crippen molar-refractivity contribution in [3.63, 3.8) is 0 Å². The number of rotatable bonds is 3. The number of nitro groups is 1. The molecule has 6 heteroatoms. The number of nitrogens with zero attached hydrogens (tertiary/aromatic N) is 2. The van der Waals surface area contributed by atoms with Crippen LogP contribution in [0.25, 0.3) is 0 Å². The zero-order chi connectivity index (χ0) is 15.7. The van der Waals surface area contributed by atoms with E-state index in [2.05, 4.69) is 0 Å². The van der Waals surface area contributed by atoms with E-state index in [1.165, 1.54) is 36.0 Å². The number of hydrogen-bond donors (Lipinski definition) is 0. The van der Waals surface area contributed by atoms with Crippen LogP contribution in [0.3, 0.4) is 0 Å². The Hall–Kier alpha value is -2.60. The Bertz CT molecular complexity index is 801. The Labute approximate surface area is 131 Å². The lowest BCUT2D eigenvalue weighted by Gasteiger charge is -2.12. The van der Waals surface area contributed by atoms with Crippen LogP contribution in [0.2, 0.25) is 0 Å². The van der Waals surface area contributed by atoms with Gasteiger partial charge in [-0.1, -0.05) is 36.0 Å². The molecule has 1 heterocycles. The average Bonchev–Trinajstić information content (AvgIpc) is 2.84. The van der Waals surface area contributed by atoms with Gasteiger partial charge in [0, 0.05) is 35.7 Å². The van der Waals surface area contributed by atoms with Crippen molar-refractivity contribution in [3.05, 3.63) is 75.3 Å². The summed E-state index contributed by atoms with van der Waals surface area (Å²) < 4.78 is 0. The Balaban J connectivity index is 1.89. The first kappa shape index (κ1) is 14.3. The van der Waals surface area contributed by atoms with Crippen molar-refractivity contribution in [3.8, 4) is 0 Å². The van der Waals surface area contributed by atoms with E-state index in [0.717, 1.165) is 15.6 Å². The third kappa shape index (κ3) is 2.60. The molecule has 0 N–H and O–H groups in total. The van der Waals surface area contributed by atoms with Gasteiger partial charge in [0.15, 0.2) is 5.78 Å². The molecule has 0 atom stereocenters. The molecule has 1 aliphatic heterocycles. The summed E-state index contributed by atoms with van der Waals surface area (Å²) in [7, 11) is 1.89. The molecule has 0 radical (unpaired) electrons. The number of benzene rings is 2. The second-order valence-electron chi connectivity index (χ2n) is 4.78. The van der Waals surface area contributed by atoms with Crippen molar-refractivity contribution < 1.29 is 9.72 Å². The van der Waals surface area contributed by atoms with Crippen molar-refractivity contribution in [1.29, 1.82) is 0 Å². The topological polar surface area (TPSA) is 63.5 Å². The number of anilines is 1. The smallest absolute Gasteiger partial charge is 0.270 e. The molecule has 0 aromatic heterocycles. The first-order chi connectivity index (χ1) is 10.6. The van der Waals surface area contributed by atoms with Crippen molar-refractivity contribution in [2.45, 2.75) is 4.90 Å². The van der Waals surface area contributed by atoms with Gasteiger partial charge in [0.1, 0.15) is 0 Å². The number of hydrogen-bond acceptors (Lipinski definition) is 5. The van der Waals surface area contributed by atoms with Gasteiger partial charge >= 0.3 is 0 Å². The second kappa shape index (κ2) is 5.65. The fourth-order valence-electron chi connectivity index (χ4n) is 2.21. The van der Waals surface area contributed by atoms with E-state index < -0.39 is 4.92 Å². The lowest BCUT2D eigenvalue weighted by molar-refractivity contribution is -0.384. The highest BCUT2D eigenvalue weighted by Crippen LogP contribution is 2.44. The molecule has 22 heavy (non-hydrogen) atoms. The van der Waals surface area contributed by atoms with E-state index in [9.17, 15) is 14.9 Å². The summed E-state index contributed by atoms with van der Waals surface area (Å²) in [6.07, 6.45) is 1.52. The summed E-state index contributed by atoms with van der Waals surface area (Å²) in [5, 5.41) is 11.6. The zero-order valence-electron chi connectivity index (χ0n) is 11.7. The molecule has 3 rings (SSSR count). The van der Waals surface area contributed by atoms with Gasteiger partial charge in [0.25, 0.3) is 5.69 Å². The molecular weight excluding hydrogens is 300 g/mol. The molecule has 0 spiro atoms. The molecule has 0 bridgehead atoms. The van der Waals surface area contributed by atoms with E-state index >= 15 is 0 Å². The average molecular weight is 312 g/mol. The van der Waals surface area contributed by atoms with Crippen LogP contribution in [-0.4, -0.2) is 17.8 Å². The van der Waals surface area contributed by atoms with Crippen LogP contribution in [0.5, 0.6) is 0 Å². The minimum Gasteiger partial charge on any atom is -0.338 e. The highest BCUT2D eigenvalue weighted by Gasteiger charge is 2.22. The van der Waals surface area contributed by atoms with E-state index in [-0.39, 0.29) is 11.5 Å². The Morgan fingerprint density at radius 2 is 2.00 bits per heavy atom. The molecule has 2 aromatic rings.